The Bertz CT molecular complexity index is 785. The molecule has 0 aliphatic heterocycles. The summed E-state index contributed by atoms with van der Waals surface area (Å²) in [5.41, 5.74) is 0.494. The molecule has 1 amide bonds. The van der Waals surface area contributed by atoms with Crippen LogP contribution in [0.3, 0.4) is 0 Å². The Morgan fingerprint density at radius 3 is 2.76 bits per heavy atom. The summed E-state index contributed by atoms with van der Waals surface area (Å²) in [5, 5.41) is 4.83. The van der Waals surface area contributed by atoms with Crippen molar-refractivity contribution in [1.82, 2.24) is 20.3 Å². The largest absolute Gasteiger partial charge is 0.347 e. The van der Waals surface area contributed by atoms with Crippen molar-refractivity contribution in [1.29, 1.82) is 0 Å². The summed E-state index contributed by atoms with van der Waals surface area (Å²) in [6, 6.07) is 7.21. The fourth-order valence-electron chi connectivity index (χ4n) is 2.20. The van der Waals surface area contributed by atoms with Crippen LogP contribution in [0.2, 0.25) is 5.15 Å². The van der Waals surface area contributed by atoms with Crippen LogP contribution in [0.4, 0.5) is 0 Å². The molecule has 1 unspecified atom stereocenters. The molecule has 6 heteroatoms. The first-order chi connectivity index (χ1) is 10.2. The van der Waals surface area contributed by atoms with E-state index in [9.17, 15) is 4.79 Å². The van der Waals surface area contributed by atoms with Gasteiger partial charge in [-0.1, -0.05) is 35.9 Å². The summed E-state index contributed by atoms with van der Waals surface area (Å²) < 4.78 is 0. The van der Waals surface area contributed by atoms with Gasteiger partial charge in [-0.25, -0.2) is 9.97 Å². The van der Waals surface area contributed by atoms with Crippen molar-refractivity contribution in [3.8, 4) is 0 Å². The number of rotatable bonds is 3. The van der Waals surface area contributed by atoms with E-state index < -0.39 is 0 Å². The fourth-order valence-corrected chi connectivity index (χ4v) is 2.41. The second kappa shape index (κ2) is 5.54. The standard InChI is InChI=1S/C15H13ClN4O/c1-9(14-17-6-7-18-14)20-15(21)12-8-19-13(16)11-5-3-2-4-10(11)12/h2-9H,1H3,(H,17,18)(H,20,21). The molecule has 106 valence electrons. The number of carbonyl (C=O) groups excluding carboxylic acids is 1. The molecule has 2 heterocycles. The molecule has 2 aromatic heterocycles. The minimum Gasteiger partial charge on any atom is -0.347 e. The lowest BCUT2D eigenvalue weighted by Gasteiger charge is -2.13. The number of hydrogen-bond donors (Lipinski definition) is 2. The van der Waals surface area contributed by atoms with E-state index in [1.807, 2.05) is 31.2 Å². The molecule has 0 spiro atoms. The Balaban J connectivity index is 1.93. The number of hydrogen-bond acceptors (Lipinski definition) is 3. The second-order valence-electron chi connectivity index (χ2n) is 4.68. The number of pyridine rings is 1. The van der Waals surface area contributed by atoms with Gasteiger partial charge in [0, 0.05) is 24.0 Å². The molecule has 0 aliphatic rings. The highest BCUT2D eigenvalue weighted by atomic mass is 35.5. The van der Waals surface area contributed by atoms with Crippen LogP contribution in [0, 0.1) is 0 Å². The molecule has 0 saturated heterocycles. The van der Waals surface area contributed by atoms with E-state index in [1.54, 1.807) is 12.4 Å². The summed E-state index contributed by atoms with van der Waals surface area (Å²) in [4.78, 5) is 23.6. The number of halogens is 1. The van der Waals surface area contributed by atoms with E-state index in [4.69, 9.17) is 11.6 Å². The summed E-state index contributed by atoms with van der Waals surface area (Å²) in [6.45, 7) is 1.86. The smallest absolute Gasteiger partial charge is 0.254 e. The molecular weight excluding hydrogens is 288 g/mol. The summed E-state index contributed by atoms with van der Waals surface area (Å²) in [7, 11) is 0. The van der Waals surface area contributed by atoms with Gasteiger partial charge < -0.3 is 10.3 Å². The van der Waals surface area contributed by atoms with Crippen molar-refractivity contribution in [2.75, 3.05) is 0 Å². The normalized spacial score (nSPS) is 12.3. The van der Waals surface area contributed by atoms with Crippen molar-refractivity contribution in [2.24, 2.45) is 0 Å². The molecular formula is C15H13ClN4O. The molecule has 5 nitrogen and oxygen atoms in total. The lowest BCUT2D eigenvalue weighted by Crippen LogP contribution is -2.27. The molecule has 2 N–H and O–H groups in total. The van der Waals surface area contributed by atoms with Crippen LogP contribution in [0.1, 0.15) is 29.1 Å². The lowest BCUT2D eigenvalue weighted by atomic mass is 10.1. The molecule has 1 atom stereocenters. The molecule has 1 aromatic carbocycles. The highest BCUT2D eigenvalue weighted by Gasteiger charge is 2.16. The molecule has 0 bridgehead atoms. The predicted molar refractivity (Wildman–Crippen MR) is 81.2 cm³/mol. The van der Waals surface area contributed by atoms with Gasteiger partial charge in [-0.2, -0.15) is 0 Å². The zero-order chi connectivity index (χ0) is 14.8. The number of aromatic amines is 1. The first kappa shape index (κ1) is 13.6. The van der Waals surface area contributed by atoms with Crippen molar-refractivity contribution < 1.29 is 4.79 Å². The van der Waals surface area contributed by atoms with Crippen molar-refractivity contribution in [2.45, 2.75) is 13.0 Å². The molecule has 0 aliphatic carbocycles. The Morgan fingerprint density at radius 1 is 1.29 bits per heavy atom. The van der Waals surface area contributed by atoms with Crippen LogP contribution < -0.4 is 5.32 Å². The minimum atomic E-state index is -0.220. The van der Waals surface area contributed by atoms with Crippen LogP contribution in [0.5, 0.6) is 0 Å². The van der Waals surface area contributed by atoms with Gasteiger partial charge in [-0.15, -0.1) is 0 Å². The number of aromatic nitrogens is 3. The number of amides is 1. The van der Waals surface area contributed by atoms with Gasteiger partial charge in [-0.3, -0.25) is 4.79 Å². The summed E-state index contributed by atoms with van der Waals surface area (Å²) >= 11 is 6.06. The zero-order valence-electron chi connectivity index (χ0n) is 11.3. The van der Waals surface area contributed by atoms with Crippen LogP contribution in [-0.2, 0) is 0 Å². The number of H-pyrrole nitrogens is 1. The highest BCUT2D eigenvalue weighted by molar-refractivity contribution is 6.34. The predicted octanol–water partition coefficient (Wildman–Crippen LogP) is 3.10. The lowest BCUT2D eigenvalue weighted by molar-refractivity contribution is 0.0940. The number of benzene rings is 1. The van der Waals surface area contributed by atoms with Gasteiger partial charge in [0.2, 0.25) is 0 Å². The van der Waals surface area contributed by atoms with Gasteiger partial charge in [0.1, 0.15) is 11.0 Å². The number of nitrogens with one attached hydrogen (secondary N) is 2. The quantitative estimate of drug-likeness (QED) is 0.730. The van der Waals surface area contributed by atoms with Crippen LogP contribution in [0.25, 0.3) is 10.8 Å². The van der Waals surface area contributed by atoms with Crippen LogP contribution >= 0.6 is 11.6 Å². The van der Waals surface area contributed by atoms with E-state index in [1.165, 1.54) is 6.20 Å². The SMILES string of the molecule is CC(NC(=O)c1cnc(Cl)c2ccccc12)c1ncc[nH]1. The second-order valence-corrected chi connectivity index (χ2v) is 5.04. The first-order valence-corrected chi connectivity index (χ1v) is 6.88. The Morgan fingerprint density at radius 2 is 2.05 bits per heavy atom. The van der Waals surface area contributed by atoms with E-state index in [0.717, 1.165) is 10.8 Å². The van der Waals surface area contributed by atoms with Gasteiger partial charge in [0.25, 0.3) is 5.91 Å². The summed E-state index contributed by atoms with van der Waals surface area (Å²) in [6.07, 6.45) is 4.86. The summed E-state index contributed by atoms with van der Waals surface area (Å²) in [5.74, 6) is 0.494. The van der Waals surface area contributed by atoms with Crippen molar-refractivity contribution in [3.05, 3.63) is 59.4 Å². The van der Waals surface area contributed by atoms with E-state index in [2.05, 4.69) is 20.3 Å². The monoisotopic (exact) mass is 300 g/mol. The first-order valence-electron chi connectivity index (χ1n) is 6.50. The van der Waals surface area contributed by atoms with Gasteiger partial charge >= 0.3 is 0 Å². The maximum Gasteiger partial charge on any atom is 0.254 e. The van der Waals surface area contributed by atoms with Gasteiger partial charge in [0.15, 0.2) is 0 Å². The average Bonchev–Trinajstić information content (AvgIpc) is 3.02. The van der Waals surface area contributed by atoms with Gasteiger partial charge in [-0.05, 0) is 12.3 Å². The molecule has 3 rings (SSSR count). The van der Waals surface area contributed by atoms with E-state index in [-0.39, 0.29) is 11.9 Å². The Labute approximate surface area is 126 Å². The number of carbonyl (C=O) groups is 1. The molecule has 3 aromatic rings. The zero-order valence-corrected chi connectivity index (χ0v) is 12.1. The number of fused-ring (bicyclic) bond motifs is 1. The third-order valence-electron chi connectivity index (χ3n) is 3.27. The van der Waals surface area contributed by atoms with E-state index in [0.29, 0.717) is 16.5 Å². The van der Waals surface area contributed by atoms with E-state index >= 15 is 0 Å². The molecule has 21 heavy (non-hydrogen) atoms. The number of imidazole rings is 1. The topological polar surface area (TPSA) is 70.7 Å². The maximum atomic E-state index is 12.4. The van der Waals surface area contributed by atoms with Crippen molar-refractivity contribution >= 4 is 28.3 Å². The minimum absolute atomic E-state index is 0.209. The third-order valence-corrected chi connectivity index (χ3v) is 3.57. The number of nitrogens with zero attached hydrogens (tertiary/aromatic N) is 2. The van der Waals surface area contributed by atoms with Crippen LogP contribution in [-0.4, -0.2) is 20.9 Å². The molecule has 0 fully saturated rings. The average molecular weight is 301 g/mol. The highest BCUT2D eigenvalue weighted by Crippen LogP contribution is 2.24. The van der Waals surface area contributed by atoms with Gasteiger partial charge in [0.05, 0.1) is 11.6 Å². The van der Waals surface area contributed by atoms with Crippen LogP contribution in [0.15, 0.2) is 42.9 Å². The fraction of sp³-hybridized carbons (Fsp3) is 0.133. The maximum absolute atomic E-state index is 12.4. The molecule has 0 saturated carbocycles. The molecule has 0 radical (unpaired) electrons. The van der Waals surface area contributed by atoms with Crippen molar-refractivity contribution in [3.63, 3.8) is 0 Å². The Hall–Kier alpha value is -2.40. The Kier molecular flexibility index (Phi) is 3.58. The third kappa shape index (κ3) is 2.60.